The van der Waals surface area contributed by atoms with Gasteiger partial charge < -0.3 is 19.8 Å². The number of anilines is 1. The molecule has 2 heterocycles. The molecule has 7 nitrogen and oxygen atoms in total. The molecule has 1 amide bonds. The van der Waals surface area contributed by atoms with Crippen molar-refractivity contribution in [1.82, 2.24) is 9.97 Å². The first-order chi connectivity index (χ1) is 14.7. The van der Waals surface area contributed by atoms with Gasteiger partial charge in [-0.1, -0.05) is 0 Å². The highest BCUT2D eigenvalue weighted by Gasteiger charge is 2.18. The molecular formula is C20H21F2N3O4S2. The molecule has 31 heavy (non-hydrogen) atoms. The second-order valence-corrected chi connectivity index (χ2v) is 9.19. The van der Waals surface area contributed by atoms with Crippen LogP contribution in [-0.2, 0) is 10.5 Å². The van der Waals surface area contributed by atoms with E-state index in [4.69, 9.17) is 4.74 Å². The summed E-state index contributed by atoms with van der Waals surface area (Å²) in [4.78, 5) is 33.9. The third kappa shape index (κ3) is 5.34. The molecule has 0 saturated heterocycles. The van der Waals surface area contributed by atoms with Crippen LogP contribution in [-0.4, -0.2) is 34.8 Å². The van der Waals surface area contributed by atoms with Crippen molar-refractivity contribution in [3.63, 3.8) is 0 Å². The number of aromatic nitrogens is 2. The molecule has 1 atom stereocenters. The van der Waals surface area contributed by atoms with Crippen LogP contribution in [0, 0.1) is 13.8 Å². The molecule has 0 bridgehead atoms. The summed E-state index contributed by atoms with van der Waals surface area (Å²) in [6, 6.07) is 4.23. The topological polar surface area (TPSA) is 93.3 Å². The number of halogens is 2. The van der Waals surface area contributed by atoms with E-state index in [2.05, 4.69) is 20.0 Å². The molecule has 3 rings (SSSR count). The van der Waals surface area contributed by atoms with Gasteiger partial charge in [0.25, 0.3) is 5.56 Å². The lowest BCUT2D eigenvalue weighted by Crippen LogP contribution is -2.23. The van der Waals surface area contributed by atoms with Crippen LogP contribution in [0.4, 0.5) is 14.5 Å². The van der Waals surface area contributed by atoms with Crippen LogP contribution >= 0.6 is 23.1 Å². The van der Waals surface area contributed by atoms with E-state index in [0.29, 0.717) is 27.5 Å². The first kappa shape index (κ1) is 23.0. The van der Waals surface area contributed by atoms with Gasteiger partial charge in [-0.3, -0.25) is 9.59 Å². The molecule has 0 aliphatic heterocycles. The van der Waals surface area contributed by atoms with E-state index in [1.165, 1.54) is 48.4 Å². The second kappa shape index (κ2) is 9.65. The molecule has 0 aliphatic carbocycles. The van der Waals surface area contributed by atoms with Crippen LogP contribution < -0.4 is 20.3 Å². The Morgan fingerprint density at radius 3 is 2.74 bits per heavy atom. The summed E-state index contributed by atoms with van der Waals surface area (Å²) in [6.45, 7) is 2.52. The molecule has 0 unspecified atom stereocenters. The lowest BCUT2D eigenvalue weighted by atomic mass is 10.2. The van der Waals surface area contributed by atoms with Crippen LogP contribution in [0.1, 0.15) is 23.2 Å². The molecule has 11 heteroatoms. The van der Waals surface area contributed by atoms with E-state index in [-0.39, 0.29) is 23.0 Å². The number of rotatable bonds is 8. The van der Waals surface area contributed by atoms with E-state index in [1.807, 2.05) is 13.8 Å². The van der Waals surface area contributed by atoms with Gasteiger partial charge >= 0.3 is 6.61 Å². The maximum atomic E-state index is 12.6. The Morgan fingerprint density at radius 2 is 2.06 bits per heavy atom. The fourth-order valence-electron chi connectivity index (χ4n) is 2.83. The molecule has 0 radical (unpaired) electrons. The Balaban J connectivity index is 1.66. The Bertz CT molecular complexity index is 1160. The number of aromatic amines is 1. The number of thioether (sulfide) groups is 1. The average Bonchev–Trinajstić information content (AvgIpc) is 2.99. The Hall–Kier alpha value is -2.66. The lowest BCUT2D eigenvalue weighted by molar-refractivity contribution is -0.115. The summed E-state index contributed by atoms with van der Waals surface area (Å²) in [7, 11) is 1.33. The highest BCUT2D eigenvalue weighted by molar-refractivity contribution is 7.99. The van der Waals surface area contributed by atoms with Crippen molar-refractivity contribution >= 4 is 44.9 Å². The third-order valence-electron chi connectivity index (χ3n) is 4.57. The number of nitrogens with one attached hydrogen (secondary N) is 2. The maximum absolute atomic E-state index is 12.6. The number of nitrogens with zero attached hydrogens (tertiary/aromatic N) is 1. The number of carbonyl (C=O) groups is 1. The van der Waals surface area contributed by atoms with E-state index in [0.717, 1.165) is 10.4 Å². The fourth-order valence-corrected chi connectivity index (χ4v) is 4.64. The van der Waals surface area contributed by atoms with Crippen molar-refractivity contribution in [2.24, 2.45) is 0 Å². The van der Waals surface area contributed by atoms with Crippen LogP contribution in [0.2, 0.25) is 0 Å². The first-order valence-corrected chi connectivity index (χ1v) is 11.1. The minimum atomic E-state index is -3.02. The Labute approximate surface area is 185 Å². The van der Waals surface area contributed by atoms with Gasteiger partial charge in [-0.25, -0.2) is 4.98 Å². The number of H-pyrrole nitrogens is 1. The van der Waals surface area contributed by atoms with Crippen LogP contribution in [0.15, 0.2) is 23.0 Å². The van der Waals surface area contributed by atoms with Crippen molar-refractivity contribution in [2.75, 3.05) is 12.4 Å². The van der Waals surface area contributed by atoms with Crippen LogP contribution in [0.5, 0.6) is 11.5 Å². The number of benzene rings is 1. The van der Waals surface area contributed by atoms with Gasteiger partial charge in [0.05, 0.1) is 23.5 Å². The zero-order chi connectivity index (χ0) is 22.7. The van der Waals surface area contributed by atoms with Crippen molar-refractivity contribution in [1.29, 1.82) is 0 Å². The number of thiophene rings is 1. The zero-order valence-electron chi connectivity index (χ0n) is 17.2. The van der Waals surface area contributed by atoms with Crippen LogP contribution in [0.3, 0.4) is 0 Å². The molecule has 0 spiro atoms. The minimum absolute atomic E-state index is 0.130. The molecule has 166 valence electrons. The minimum Gasteiger partial charge on any atom is -0.493 e. The molecular weight excluding hydrogens is 448 g/mol. The van der Waals surface area contributed by atoms with E-state index >= 15 is 0 Å². The van der Waals surface area contributed by atoms with E-state index in [1.54, 1.807) is 6.92 Å². The number of hydrogen-bond donors (Lipinski definition) is 2. The first-order valence-electron chi connectivity index (χ1n) is 9.23. The second-order valence-electron chi connectivity index (χ2n) is 6.66. The SMILES string of the molecule is COc1ccc(NC(=O)[C@@H](C)SCc2nc3sc(C)c(C)c3c(=O)[nH]2)cc1OC(F)F. The number of methoxy groups -OCH3 is 1. The third-order valence-corrected chi connectivity index (χ3v) is 6.83. The summed E-state index contributed by atoms with van der Waals surface area (Å²) in [5, 5.41) is 2.77. The van der Waals surface area contributed by atoms with Gasteiger partial charge in [0.2, 0.25) is 5.91 Å². The summed E-state index contributed by atoms with van der Waals surface area (Å²) in [5.41, 5.74) is 1.03. The van der Waals surface area contributed by atoms with Gasteiger partial charge in [-0.15, -0.1) is 23.1 Å². The smallest absolute Gasteiger partial charge is 0.387 e. The normalized spacial score (nSPS) is 12.2. The van der Waals surface area contributed by atoms with E-state index < -0.39 is 11.9 Å². The highest BCUT2D eigenvalue weighted by atomic mass is 32.2. The zero-order valence-corrected chi connectivity index (χ0v) is 18.9. The largest absolute Gasteiger partial charge is 0.493 e. The fraction of sp³-hybridized carbons (Fsp3) is 0.350. The summed E-state index contributed by atoms with van der Waals surface area (Å²) in [5.74, 6) is 0.445. The molecule has 0 aliphatic rings. The van der Waals surface area contributed by atoms with Crippen molar-refractivity contribution in [3.05, 3.63) is 44.8 Å². The van der Waals surface area contributed by atoms with Crippen molar-refractivity contribution < 1.29 is 23.0 Å². The highest BCUT2D eigenvalue weighted by Crippen LogP contribution is 2.32. The number of ether oxygens (including phenoxy) is 2. The van der Waals surface area contributed by atoms with Gasteiger partial charge in [0.15, 0.2) is 11.5 Å². The van der Waals surface area contributed by atoms with Crippen LogP contribution in [0.25, 0.3) is 10.2 Å². The maximum Gasteiger partial charge on any atom is 0.387 e. The summed E-state index contributed by atoms with van der Waals surface area (Å²) < 4.78 is 34.5. The molecule has 0 fully saturated rings. The number of hydrogen-bond acceptors (Lipinski definition) is 7. The van der Waals surface area contributed by atoms with Crippen molar-refractivity contribution in [3.8, 4) is 11.5 Å². The summed E-state index contributed by atoms with van der Waals surface area (Å²) in [6.07, 6.45) is 0. The summed E-state index contributed by atoms with van der Waals surface area (Å²) >= 11 is 2.75. The molecule has 3 aromatic rings. The number of carbonyl (C=O) groups excluding carboxylic acids is 1. The average molecular weight is 470 g/mol. The number of fused-ring (bicyclic) bond motifs is 1. The molecule has 1 aromatic carbocycles. The number of alkyl halides is 2. The lowest BCUT2D eigenvalue weighted by Gasteiger charge is -2.14. The molecule has 0 saturated carbocycles. The van der Waals surface area contributed by atoms with Gasteiger partial charge in [-0.05, 0) is 38.5 Å². The van der Waals surface area contributed by atoms with Gasteiger partial charge in [0, 0.05) is 16.6 Å². The van der Waals surface area contributed by atoms with Gasteiger partial charge in [0.1, 0.15) is 10.7 Å². The number of aryl methyl sites for hydroxylation is 2. The monoisotopic (exact) mass is 469 g/mol. The standard InChI is InChI=1S/C20H21F2N3O4S2/c1-9-10(2)31-19-16(9)18(27)24-15(25-19)8-30-11(3)17(26)23-12-5-6-13(28-4)14(7-12)29-20(21)22/h5-7,11,20H,8H2,1-4H3,(H,23,26)(H,24,25,27)/t11-/m1/s1. The quantitative estimate of drug-likeness (QED) is 0.506. The molecule has 2 aromatic heterocycles. The Kier molecular flexibility index (Phi) is 7.16. The van der Waals surface area contributed by atoms with Crippen molar-refractivity contribution in [2.45, 2.75) is 38.4 Å². The number of amides is 1. The Morgan fingerprint density at radius 1 is 1.32 bits per heavy atom. The predicted molar refractivity (Wildman–Crippen MR) is 119 cm³/mol. The van der Waals surface area contributed by atoms with E-state index in [9.17, 15) is 18.4 Å². The molecule has 2 N–H and O–H groups in total. The predicted octanol–water partition coefficient (Wildman–Crippen LogP) is 4.47. The van der Waals surface area contributed by atoms with Gasteiger partial charge in [-0.2, -0.15) is 8.78 Å².